The van der Waals surface area contributed by atoms with Crippen molar-refractivity contribution in [1.82, 2.24) is 4.90 Å². The maximum atomic E-state index is 13.2. The summed E-state index contributed by atoms with van der Waals surface area (Å²) in [6, 6.07) is 10.4. The number of halogens is 3. The van der Waals surface area contributed by atoms with Crippen LogP contribution in [0.15, 0.2) is 47.5 Å². The van der Waals surface area contributed by atoms with Crippen LogP contribution in [0.25, 0.3) is 0 Å². The van der Waals surface area contributed by atoms with E-state index in [1.807, 2.05) is 12.1 Å². The minimum Gasteiger partial charge on any atom is -0.383 e. The van der Waals surface area contributed by atoms with Crippen LogP contribution in [0.1, 0.15) is 57.9 Å². The third kappa shape index (κ3) is 3.86. The van der Waals surface area contributed by atoms with E-state index in [-0.39, 0.29) is 11.9 Å². The lowest BCUT2D eigenvalue weighted by Gasteiger charge is -2.26. The highest BCUT2D eigenvalue weighted by Crippen LogP contribution is 2.36. The number of amidine groups is 1. The molecule has 0 radical (unpaired) electrons. The van der Waals surface area contributed by atoms with Gasteiger partial charge < -0.3 is 10.6 Å². The van der Waals surface area contributed by atoms with Gasteiger partial charge in [0.25, 0.3) is 5.91 Å². The molecule has 2 aliphatic heterocycles. The van der Waals surface area contributed by atoms with Crippen molar-refractivity contribution in [1.29, 1.82) is 0 Å². The topological polar surface area (TPSA) is 58.7 Å². The van der Waals surface area contributed by atoms with Crippen LogP contribution in [0.2, 0.25) is 0 Å². The number of nitrogens with zero attached hydrogens (tertiary/aromatic N) is 2. The number of aryl methyl sites for hydroxylation is 1. The highest BCUT2D eigenvalue weighted by atomic mass is 19.4. The largest absolute Gasteiger partial charge is 0.416 e. The summed E-state index contributed by atoms with van der Waals surface area (Å²) in [5.74, 6) is 0.320. The third-order valence-electron chi connectivity index (χ3n) is 5.66. The number of rotatable bonds is 2. The maximum Gasteiger partial charge on any atom is 0.416 e. The Kier molecular flexibility index (Phi) is 5.06. The molecule has 2 aromatic rings. The average molecular weight is 401 g/mol. The molecule has 2 aromatic carbocycles. The van der Waals surface area contributed by atoms with E-state index in [0.717, 1.165) is 54.5 Å². The molecular formula is C22H22F3N3O. The number of likely N-dealkylation sites (tertiary alicyclic amines) is 1. The molecule has 4 rings (SSSR count). The van der Waals surface area contributed by atoms with Crippen molar-refractivity contribution in [2.45, 2.75) is 37.9 Å². The fraction of sp³-hybridized carbons (Fsp3) is 0.364. The summed E-state index contributed by atoms with van der Waals surface area (Å²) in [6.45, 7) is 1.25. The van der Waals surface area contributed by atoms with Crippen molar-refractivity contribution < 1.29 is 18.0 Å². The molecule has 1 fully saturated rings. The molecule has 0 aliphatic carbocycles. The van der Waals surface area contributed by atoms with Crippen molar-refractivity contribution >= 4 is 11.7 Å². The zero-order valence-corrected chi connectivity index (χ0v) is 15.9. The van der Waals surface area contributed by atoms with Crippen LogP contribution in [-0.4, -0.2) is 29.7 Å². The summed E-state index contributed by atoms with van der Waals surface area (Å²) in [5.41, 5.74) is 8.53. The van der Waals surface area contributed by atoms with Crippen molar-refractivity contribution in [2.24, 2.45) is 10.7 Å². The number of nitrogens with two attached hydrogens (primary N) is 1. The highest BCUT2D eigenvalue weighted by Gasteiger charge is 2.33. The van der Waals surface area contributed by atoms with E-state index in [1.165, 1.54) is 12.1 Å². The first-order valence-corrected chi connectivity index (χ1v) is 9.76. The minimum atomic E-state index is -4.37. The van der Waals surface area contributed by atoms with Crippen LogP contribution in [0, 0.1) is 0 Å². The lowest BCUT2D eigenvalue weighted by atomic mass is 9.98. The monoisotopic (exact) mass is 401 g/mol. The van der Waals surface area contributed by atoms with Crippen LogP contribution in [0.4, 0.5) is 13.2 Å². The average Bonchev–Trinajstić information content (AvgIpc) is 3.12. The van der Waals surface area contributed by atoms with Gasteiger partial charge in [0.2, 0.25) is 0 Å². The molecule has 0 saturated carbocycles. The molecule has 7 heteroatoms. The van der Waals surface area contributed by atoms with Crippen molar-refractivity contribution in [3.8, 4) is 0 Å². The number of hydrogen-bond donors (Lipinski definition) is 1. The summed E-state index contributed by atoms with van der Waals surface area (Å²) >= 11 is 0. The van der Waals surface area contributed by atoms with Gasteiger partial charge in [-0.2, -0.15) is 13.2 Å². The van der Waals surface area contributed by atoms with Gasteiger partial charge in [0.05, 0.1) is 11.6 Å². The quantitative estimate of drug-likeness (QED) is 0.814. The standard InChI is InChI=1S/C22H22F3N3O/c23-22(24,25)17-9-7-15(8-10-17)19-4-2-12-28(19)21(29)16-6-5-14-3-1-11-27-20(26)18(14)13-16/h5-10,13,19H,1-4,11-12H2,(H2,26,27)/t19-/m0/s1. The fourth-order valence-electron chi connectivity index (χ4n) is 4.14. The second-order valence-corrected chi connectivity index (χ2v) is 7.52. The molecule has 2 aliphatic rings. The zero-order valence-electron chi connectivity index (χ0n) is 15.9. The van der Waals surface area contributed by atoms with E-state index in [0.29, 0.717) is 24.5 Å². The van der Waals surface area contributed by atoms with E-state index in [1.54, 1.807) is 11.0 Å². The summed E-state index contributed by atoms with van der Waals surface area (Å²) in [5, 5.41) is 0. The molecule has 0 aromatic heterocycles. The first-order chi connectivity index (χ1) is 13.8. The van der Waals surface area contributed by atoms with Crippen LogP contribution >= 0.6 is 0 Å². The summed E-state index contributed by atoms with van der Waals surface area (Å²) in [7, 11) is 0. The Morgan fingerprint density at radius 1 is 1.10 bits per heavy atom. The third-order valence-corrected chi connectivity index (χ3v) is 5.66. The first kappa shape index (κ1) is 19.5. The van der Waals surface area contributed by atoms with Crippen LogP contribution in [0.5, 0.6) is 0 Å². The highest BCUT2D eigenvalue weighted by molar-refractivity contribution is 6.02. The van der Waals surface area contributed by atoms with E-state index in [9.17, 15) is 18.0 Å². The Bertz CT molecular complexity index is 951. The first-order valence-electron chi connectivity index (χ1n) is 9.76. The van der Waals surface area contributed by atoms with Gasteiger partial charge in [-0.05, 0) is 61.1 Å². The fourth-order valence-corrected chi connectivity index (χ4v) is 4.14. The van der Waals surface area contributed by atoms with Gasteiger partial charge in [0, 0.05) is 24.2 Å². The number of amides is 1. The van der Waals surface area contributed by atoms with E-state index in [4.69, 9.17) is 5.73 Å². The lowest BCUT2D eigenvalue weighted by Crippen LogP contribution is -2.31. The molecule has 1 saturated heterocycles. The second-order valence-electron chi connectivity index (χ2n) is 7.52. The molecule has 0 bridgehead atoms. The predicted octanol–water partition coefficient (Wildman–Crippen LogP) is 4.33. The molecule has 2 N–H and O–H groups in total. The van der Waals surface area contributed by atoms with Gasteiger partial charge in [-0.3, -0.25) is 9.79 Å². The van der Waals surface area contributed by atoms with E-state index >= 15 is 0 Å². The molecule has 1 amide bonds. The molecule has 152 valence electrons. The van der Waals surface area contributed by atoms with Gasteiger partial charge in [-0.1, -0.05) is 18.2 Å². The second kappa shape index (κ2) is 7.54. The van der Waals surface area contributed by atoms with Crippen LogP contribution < -0.4 is 5.73 Å². The Balaban J connectivity index is 1.60. The number of carbonyl (C=O) groups is 1. The SMILES string of the molecule is NC1=NCCCc2ccc(C(=O)N3CCC[C@H]3c3ccc(C(F)(F)F)cc3)cc21. The number of fused-ring (bicyclic) bond motifs is 1. The summed E-state index contributed by atoms with van der Waals surface area (Å²) in [6.07, 6.45) is -1.04. The summed E-state index contributed by atoms with van der Waals surface area (Å²) < 4.78 is 38.5. The molecular weight excluding hydrogens is 379 g/mol. The molecule has 29 heavy (non-hydrogen) atoms. The predicted molar refractivity (Wildman–Crippen MR) is 105 cm³/mol. The number of alkyl halides is 3. The van der Waals surface area contributed by atoms with E-state index in [2.05, 4.69) is 4.99 Å². The normalized spacial score (nSPS) is 19.5. The Morgan fingerprint density at radius 3 is 2.59 bits per heavy atom. The molecule has 0 unspecified atom stereocenters. The number of benzene rings is 2. The number of carbonyl (C=O) groups excluding carboxylic acids is 1. The lowest BCUT2D eigenvalue weighted by molar-refractivity contribution is -0.137. The zero-order chi connectivity index (χ0) is 20.6. The van der Waals surface area contributed by atoms with Crippen molar-refractivity contribution in [2.75, 3.05) is 13.1 Å². The Hall–Kier alpha value is -2.83. The van der Waals surface area contributed by atoms with Crippen LogP contribution in [-0.2, 0) is 12.6 Å². The van der Waals surface area contributed by atoms with Gasteiger partial charge in [-0.15, -0.1) is 0 Å². The maximum absolute atomic E-state index is 13.2. The van der Waals surface area contributed by atoms with Crippen LogP contribution in [0.3, 0.4) is 0 Å². The number of hydrogen-bond acceptors (Lipinski definition) is 3. The van der Waals surface area contributed by atoms with Gasteiger partial charge in [0.1, 0.15) is 5.84 Å². The molecule has 2 heterocycles. The molecule has 0 spiro atoms. The van der Waals surface area contributed by atoms with E-state index < -0.39 is 11.7 Å². The smallest absolute Gasteiger partial charge is 0.383 e. The van der Waals surface area contributed by atoms with Gasteiger partial charge in [-0.25, -0.2) is 0 Å². The Morgan fingerprint density at radius 2 is 1.86 bits per heavy atom. The Labute approximate surface area is 167 Å². The molecule has 1 atom stereocenters. The van der Waals surface area contributed by atoms with Gasteiger partial charge in [0.15, 0.2) is 0 Å². The van der Waals surface area contributed by atoms with Crippen molar-refractivity contribution in [3.05, 3.63) is 70.3 Å². The molecule has 4 nitrogen and oxygen atoms in total. The summed E-state index contributed by atoms with van der Waals surface area (Å²) in [4.78, 5) is 19.3. The minimum absolute atomic E-state index is 0.132. The van der Waals surface area contributed by atoms with Gasteiger partial charge >= 0.3 is 6.18 Å². The van der Waals surface area contributed by atoms with Crippen molar-refractivity contribution in [3.63, 3.8) is 0 Å². The number of aliphatic imine (C=N–C) groups is 1.